The van der Waals surface area contributed by atoms with Crippen LogP contribution in [0.5, 0.6) is 0 Å². The number of pyridine rings is 1. The molecule has 1 aliphatic carbocycles. The predicted octanol–water partition coefficient (Wildman–Crippen LogP) is 5.11. The summed E-state index contributed by atoms with van der Waals surface area (Å²) >= 11 is 0. The zero-order valence-corrected chi connectivity index (χ0v) is 15.2. The normalized spacial score (nSPS) is 15.4. The van der Waals surface area contributed by atoms with Crippen LogP contribution in [0.25, 0.3) is 16.6 Å². The Bertz CT molecular complexity index is 983. The van der Waals surface area contributed by atoms with E-state index in [0.717, 1.165) is 40.7 Å². The van der Waals surface area contributed by atoms with Crippen LogP contribution in [0.1, 0.15) is 47.3 Å². The topological polar surface area (TPSA) is 55.0 Å². The number of benzene rings is 1. The minimum absolute atomic E-state index is 0.0558. The third kappa shape index (κ3) is 3.50. The summed E-state index contributed by atoms with van der Waals surface area (Å²) in [6, 6.07) is 10.6. The highest BCUT2D eigenvalue weighted by molar-refractivity contribution is 5.91. The lowest BCUT2D eigenvalue weighted by molar-refractivity contribution is 0.0595. The first-order valence-electron chi connectivity index (χ1n) is 9.20. The van der Waals surface area contributed by atoms with Crippen molar-refractivity contribution in [3.05, 3.63) is 71.3 Å². The van der Waals surface area contributed by atoms with Gasteiger partial charge in [-0.1, -0.05) is 25.0 Å². The van der Waals surface area contributed by atoms with Crippen molar-refractivity contribution in [3.63, 3.8) is 0 Å². The summed E-state index contributed by atoms with van der Waals surface area (Å²) in [4.78, 5) is 19.4. The van der Waals surface area contributed by atoms with Gasteiger partial charge in [-0.05, 0) is 54.7 Å². The number of carbonyl (C=O) groups excluding carboxylic acids is 1. The number of hydrogen-bond acceptors (Lipinski definition) is 3. The number of nitrogens with zero attached hydrogens (tertiary/aromatic N) is 1. The quantitative estimate of drug-likeness (QED) is 0.655. The summed E-state index contributed by atoms with van der Waals surface area (Å²) in [7, 11) is 1.25. The Kier molecular flexibility index (Phi) is 4.75. The molecule has 5 heteroatoms. The van der Waals surface area contributed by atoms with Crippen LogP contribution in [0, 0.1) is 11.7 Å². The van der Waals surface area contributed by atoms with Gasteiger partial charge in [-0.25, -0.2) is 14.2 Å². The molecule has 1 fully saturated rings. The summed E-state index contributed by atoms with van der Waals surface area (Å²) in [5.41, 5.74) is 3.32. The van der Waals surface area contributed by atoms with Crippen molar-refractivity contribution in [3.8, 4) is 0 Å². The molecule has 0 bridgehead atoms. The Morgan fingerprint density at radius 2 is 2.07 bits per heavy atom. The predicted molar refractivity (Wildman–Crippen MR) is 103 cm³/mol. The van der Waals surface area contributed by atoms with E-state index in [1.54, 1.807) is 12.3 Å². The number of esters is 1. The van der Waals surface area contributed by atoms with Gasteiger partial charge in [0.25, 0.3) is 0 Å². The van der Waals surface area contributed by atoms with Crippen molar-refractivity contribution in [2.45, 2.75) is 25.7 Å². The molecule has 1 aliphatic rings. The van der Waals surface area contributed by atoms with Crippen molar-refractivity contribution in [1.29, 1.82) is 0 Å². The van der Waals surface area contributed by atoms with E-state index < -0.39 is 11.8 Å². The molecule has 0 saturated heterocycles. The number of aromatic amines is 1. The monoisotopic (exact) mass is 364 g/mol. The molecule has 138 valence electrons. The molecule has 1 aromatic carbocycles. The Morgan fingerprint density at radius 1 is 1.26 bits per heavy atom. The van der Waals surface area contributed by atoms with Crippen LogP contribution in [0.4, 0.5) is 4.39 Å². The minimum atomic E-state index is -0.671. The summed E-state index contributed by atoms with van der Waals surface area (Å²) < 4.78 is 19.2. The average Bonchev–Trinajstić information content (AvgIpc) is 3.34. The Balaban J connectivity index is 1.80. The maximum atomic E-state index is 14.5. The molecule has 0 amide bonds. The second kappa shape index (κ2) is 7.35. The zero-order chi connectivity index (χ0) is 18.8. The lowest BCUT2D eigenvalue weighted by atomic mass is 9.95. The maximum absolute atomic E-state index is 14.5. The van der Waals surface area contributed by atoms with E-state index in [-0.39, 0.29) is 5.56 Å². The van der Waals surface area contributed by atoms with Gasteiger partial charge in [0.1, 0.15) is 11.5 Å². The molecule has 1 saturated carbocycles. The number of fused-ring (bicyclic) bond motifs is 1. The van der Waals surface area contributed by atoms with Crippen LogP contribution < -0.4 is 0 Å². The van der Waals surface area contributed by atoms with Crippen LogP contribution in [0.2, 0.25) is 0 Å². The number of methoxy groups -OCH3 is 1. The van der Waals surface area contributed by atoms with Gasteiger partial charge in [0.2, 0.25) is 0 Å². The fourth-order valence-corrected chi connectivity index (χ4v) is 3.76. The van der Waals surface area contributed by atoms with Crippen molar-refractivity contribution < 1.29 is 13.9 Å². The number of H-pyrrole nitrogens is 1. The number of rotatable bonds is 4. The lowest BCUT2D eigenvalue weighted by Gasteiger charge is -2.11. The SMILES string of the molecule is COC(=O)c1ccc(/C(=C/C2CCCC2)c2cc3cccnc3[nH]2)cc1F. The smallest absolute Gasteiger partial charge is 0.340 e. The van der Waals surface area contributed by atoms with Crippen molar-refractivity contribution in [2.24, 2.45) is 5.92 Å². The van der Waals surface area contributed by atoms with E-state index in [4.69, 9.17) is 0 Å². The van der Waals surface area contributed by atoms with Gasteiger partial charge >= 0.3 is 5.97 Å². The van der Waals surface area contributed by atoms with E-state index >= 15 is 0 Å². The molecular formula is C22H21FN2O2. The lowest BCUT2D eigenvalue weighted by Crippen LogP contribution is -2.05. The molecule has 0 spiro atoms. The highest BCUT2D eigenvalue weighted by Gasteiger charge is 2.19. The number of carbonyl (C=O) groups is 1. The fraction of sp³-hybridized carbons (Fsp3) is 0.273. The summed E-state index contributed by atoms with van der Waals surface area (Å²) in [6.07, 6.45) is 8.70. The second-order valence-electron chi connectivity index (χ2n) is 6.94. The zero-order valence-electron chi connectivity index (χ0n) is 15.2. The van der Waals surface area contributed by atoms with Gasteiger partial charge in [0.15, 0.2) is 0 Å². The van der Waals surface area contributed by atoms with Gasteiger partial charge < -0.3 is 9.72 Å². The Labute approximate surface area is 157 Å². The molecule has 0 atom stereocenters. The molecule has 2 aromatic heterocycles. The Morgan fingerprint density at radius 3 is 2.78 bits per heavy atom. The maximum Gasteiger partial charge on any atom is 0.340 e. The summed E-state index contributed by atoms with van der Waals surface area (Å²) in [5.74, 6) is -0.774. The van der Waals surface area contributed by atoms with Crippen LogP contribution in [-0.4, -0.2) is 23.0 Å². The number of allylic oxidation sites excluding steroid dienone is 1. The van der Waals surface area contributed by atoms with Crippen LogP contribution in [0.15, 0.2) is 48.7 Å². The van der Waals surface area contributed by atoms with Gasteiger partial charge in [-0.3, -0.25) is 0 Å². The molecule has 2 heterocycles. The first kappa shape index (κ1) is 17.5. The number of hydrogen-bond donors (Lipinski definition) is 1. The van der Waals surface area contributed by atoms with E-state index in [0.29, 0.717) is 5.92 Å². The van der Waals surface area contributed by atoms with Gasteiger partial charge in [0.05, 0.1) is 12.7 Å². The van der Waals surface area contributed by atoms with Crippen LogP contribution >= 0.6 is 0 Å². The summed E-state index contributed by atoms with van der Waals surface area (Å²) in [6.45, 7) is 0. The second-order valence-corrected chi connectivity index (χ2v) is 6.94. The fourth-order valence-electron chi connectivity index (χ4n) is 3.76. The first-order valence-corrected chi connectivity index (χ1v) is 9.20. The van der Waals surface area contributed by atoms with Crippen molar-refractivity contribution in [2.75, 3.05) is 7.11 Å². The molecule has 1 N–H and O–H groups in total. The van der Waals surface area contributed by atoms with Crippen LogP contribution in [-0.2, 0) is 4.74 Å². The van der Waals surface area contributed by atoms with Crippen molar-refractivity contribution in [1.82, 2.24) is 9.97 Å². The standard InChI is InChI=1S/C22H21FN2O2/c1-27-22(26)17-9-8-15(12-19(17)23)18(11-14-5-2-3-6-14)20-13-16-7-4-10-24-21(16)25-20/h4,7-14H,2-3,5-6H2,1H3,(H,24,25)/b18-11-. The molecule has 4 rings (SSSR count). The highest BCUT2D eigenvalue weighted by Crippen LogP contribution is 2.33. The molecule has 0 radical (unpaired) electrons. The third-order valence-corrected chi connectivity index (χ3v) is 5.17. The largest absolute Gasteiger partial charge is 0.465 e. The average molecular weight is 364 g/mol. The highest BCUT2D eigenvalue weighted by atomic mass is 19.1. The number of aromatic nitrogens is 2. The third-order valence-electron chi connectivity index (χ3n) is 5.17. The van der Waals surface area contributed by atoms with E-state index in [2.05, 4.69) is 20.8 Å². The molecular weight excluding hydrogens is 343 g/mol. The van der Waals surface area contributed by atoms with E-state index in [1.807, 2.05) is 18.2 Å². The van der Waals surface area contributed by atoms with Crippen LogP contribution in [0.3, 0.4) is 0 Å². The van der Waals surface area contributed by atoms with Gasteiger partial charge in [-0.15, -0.1) is 0 Å². The summed E-state index contributed by atoms with van der Waals surface area (Å²) in [5, 5.41) is 1.01. The number of nitrogens with one attached hydrogen (secondary N) is 1. The molecule has 27 heavy (non-hydrogen) atoms. The number of ether oxygens (including phenoxy) is 1. The van der Waals surface area contributed by atoms with Gasteiger partial charge in [-0.2, -0.15) is 0 Å². The first-order chi connectivity index (χ1) is 13.2. The number of halogens is 1. The van der Waals surface area contributed by atoms with E-state index in [1.165, 1.54) is 32.1 Å². The van der Waals surface area contributed by atoms with E-state index in [9.17, 15) is 9.18 Å². The van der Waals surface area contributed by atoms with Crippen molar-refractivity contribution >= 4 is 22.6 Å². The van der Waals surface area contributed by atoms with Gasteiger partial charge in [0, 0.05) is 22.9 Å². The Hall–Kier alpha value is -2.95. The molecule has 3 aromatic rings. The minimum Gasteiger partial charge on any atom is -0.465 e. The molecule has 4 nitrogen and oxygen atoms in total. The molecule has 0 unspecified atom stereocenters. The molecule has 0 aliphatic heterocycles.